The fraction of sp³-hybridized carbons (Fsp3) is 0.875. The Balaban J connectivity index is 3.54. The van der Waals surface area contributed by atoms with Crippen LogP contribution in [0, 0.1) is 0 Å². The van der Waals surface area contributed by atoms with Crippen molar-refractivity contribution in [3.8, 4) is 0 Å². The average molecular weight is 174 g/mol. The number of aliphatic hydroxyl groups excluding tert-OH is 1. The van der Waals surface area contributed by atoms with Gasteiger partial charge in [0.2, 0.25) is 5.91 Å². The summed E-state index contributed by atoms with van der Waals surface area (Å²) in [6.45, 7) is 3.91. The Morgan fingerprint density at radius 3 is 2.50 bits per heavy atom. The normalized spacial score (nSPS) is 15.3. The maximum Gasteiger partial charge on any atom is 0.234 e. The van der Waals surface area contributed by atoms with Gasteiger partial charge in [-0.15, -0.1) is 0 Å². The number of rotatable bonds is 5. The highest BCUT2D eigenvalue weighted by molar-refractivity contribution is 5.78. The van der Waals surface area contributed by atoms with Gasteiger partial charge in [0.15, 0.2) is 0 Å². The maximum atomic E-state index is 11.0. The Kier molecular flexibility index (Phi) is 5.66. The molecular formula is C8H18N2O2. The summed E-state index contributed by atoms with van der Waals surface area (Å²) in [7, 11) is 1.72. The van der Waals surface area contributed by atoms with E-state index >= 15 is 0 Å². The average Bonchev–Trinajstić information content (AvgIpc) is 1.84. The minimum Gasteiger partial charge on any atom is -0.393 e. The smallest absolute Gasteiger partial charge is 0.234 e. The fourth-order valence-electron chi connectivity index (χ4n) is 1.06. The molecule has 0 aromatic heterocycles. The lowest BCUT2D eigenvalue weighted by Crippen LogP contribution is -2.39. The predicted molar refractivity (Wildman–Crippen MR) is 47.8 cm³/mol. The number of carbonyl (C=O) groups excluding carboxylic acids is 1. The first kappa shape index (κ1) is 11.4. The zero-order chi connectivity index (χ0) is 9.56. The molecule has 0 rings (SSSR count). The lowest BCUT2D eigenvalue weighted by molar-refractivity contribution is -0.120. The first-order valence-corrected chi connectivity index (χ1v) is 4.18. The van der Waals surface area contributed by atoms with Crippen molar-refractivity contribution in [1.82, 2.24) is 10.6 Å². The zero-order valence-corrected chi connectivity index (χ0v) is 7.92. The number of nitrogens with one attached hydrogen (secondary N) is 2. The van der Waals surface area contributed by atoms with Gasteiger partial charge in [0.1, 0.15) is 0 Å². The molecule has 0 aromatic rings. The molecule has 0 aliphatic heterocycles. The van der Waals surface area contributed by atoms with Crippen LogP contribution in [0.2, 0.25) is 0 Å². The van der Waals surface area contributed by atoms with Crippen LogP contribution >= 0.6 is 0 Å². The van der Waals surface area contributed by atoms with Crippen LogP contribution in [-0.2, 0) is 4.79 Å². The molecule has 0 saturated carbocycles. The van der Waals surface area contributed by atoms with Gasteiger partial charge >= 0.3 is 0 Å². The molecular weight excluding hydrogens is 156 g/mol. The summed E-state index contributed by atoms with van der Waals surface area (Å²) in [4.78, 5) is 11.0. The minimum absolute atomic E-state index is 0.0332. The van der Waals surface area contributed by atoms with Gasteiger partial charge in [-0.1, -0.05) is 0 Å². The maximum absolute atomic E-state index is 11.0. The van der Waals surface area contributed by atoms with Gasteiger partial charge in [-0.25, -0.2) is 0 Å². The molecule has 0 aromatic carbocycles. The summed E-state index contributed by atoms with van der Waals surface area (Å²) in [5, 5.41) is 14.5. The van der Waals surface area contributed by atoms with Crippen molar-refractivity contribution in [2.45, 2.75) is 32.4 Å². The molecule has 0 aliphatic carbocycles. The third kappa shape index (κ3) is 6.12. The van der Waals surface area contributed by atoms with Crippen LogP contribution in [0.1, 0.15) is 20.3 Å². The van der Waals surface area contributed by atoms with Crippen LogP contribution in [0.25, 0.3) is 0 Å². The van der Waals surface area contributed by atoms with E-state index in [0.717, 1.165) is 0 Å². The minimum atomic E-state index is -0.366. The summed E-state index contributed by atoms with van der Waals surface area (Å²) in [6, 6.07) is 0.0332. The molecule has 0 fully saturated rings. The predicted octanol–water partition coefficient (Wildman–Crippen LogP) is -0.519. The molecule has 72 valence electrons. The molecule has 0 aliphatic rings. The van der Waals surface area contributed by atoms with Gasteiger partial charge in [0.25, 0.3) is 0 Å². The lowest BCUT2D eigenvalue weighted by Gasteiger charge is -2.14. The Bertz CT molecular complexity index is 137. The molecule has 0 radical (unpaired) electrons. The summed E-state index contributed by atoms with van der Waals surface area (Å²) in [6.07, 6.45) is 0.227. The zero-order valence-electron chi connectivity index (χ0n) is 7.92. The van der Waals surface area contributed by atoms with Gasteiger partial charge in [0.05, 0.1) is 12.6 Å². The molecule has 0 heterocycles. The van der Waals surface area contributed by atoms with E-state index in [0.29, 0.717) is 13.0 Å². The van der Waals surface area contributed by atoms with Crippen molar-refractivity contribution in [3.05, 3.63) is 0 Å². The highest BCUT2D eigenvalue weighted by Crippen LogP contribution is 1.95. The van der Waals surface area contributed by atoms with Crippen LogP contribution in [0.5, 0.6) is 0 Å². The van der Waals surface area contributed by atoms with E-state index in [1.807, 2.05) is 6.92 Å². The van der Waals surface area contributed by atoms with E-state index < -0.39 is 0 Å². The van der Waals surface area contributed by atoms with Crippen molar-refractivity contribution < 1.29 is 9.90 Å². The van der Waals surface area contributed by atoms with Crippen LogP contribution in [0.15, 0.2) is 0 Å². The van der Waals surface area contributed by atoms with E-state index in [1.54, 1.807) is 14.0 Å². The van der Waals surface area contributed by atoms with Crippen LogP contribution in [0.4, 0.5) is 0 Å². The van der Waals surface area contributed by atoms with E-state index in [-0.39, 0.29) is 18.1 Å². The van der Waals surface area contributed by atoms with Gasteiger partial charge in [-0.3, -0.25) is 4.79 Å². The summed E-state index contributed by atoms with van der Waals surface area (Å²) in [5.41, 5.74) is 0. The Labute approximate surface area is 73.3 Å². The van der Waals surface area contributed by atoms with E-state index in [9.17, 15) is 4.79 Å². The summed E-state index contributed by atoms with van der Waals surface area (Å²) in [5.74, 6) is -0.0364. The van der Waals surface area contributed by atoms with Crippen LogP contribution in [0.3, 0.4) is 0 Å². The quantitative estimate of drug-likeness (QED) is 0.525. The highest BCUT2D eigenvalue weighted by atomic mass is 16.3. The van der Waals surface area contributed by atoms with Crippen molar-refractivity contribution >= 4 is 5.91 Å². The Morgan fingerprint density at radius 2 is 2.08 bits per heavy atom. The van der Waals surface area contributed by atoms with Crippen molar-refractivity contribution in [2.24, 2.45) is 0 Å². The Morgan fingerprint density at radius 1 is 1.50 bits per heavy atom. The standard InChI is InChI=1S/C8H18N2O2/c1-6(4-7(2)11)10-8(12)5-9-3/h6-7,9,11H,4-5H2,1-3H3,(H,10,12). The molecule has 0 bridgehead atoms. The molecule has 4 nitrogen and oxygen atoms in total. The SMILES string of the molecule is CNCC(=O)NC(C)CC(C)O. The molecule has 2 atom stereocenters. The van der Waals surface area contributed by atoms with E-state index in [1.165, 1.54) is 0 Å². The van der Waals surface area contributed by atoms with Crippen LogP contribution in [-0.4, -0.2) is 36.8 Å². The molecule has 1 amide bonds. The second-order valence-corrected chi connectivity index (χ2v) is 3.08. The highest BCUT2D eigenvalue weighted by Gasteiger charge is 2.08. The molecule has 0 saturated heterocycles. The number of hydrogen-bond acceptors (Lipinski definition) is 3. The topological polar surface area (TPSA) is 61.4 Å². The number of carbonyl (C=O) groups is 1. The third-order valence-electron chi connectivity index (χ3n) is 1.44. The monoisotopic (exact) mass is 174 g/mol. The lowest BCUT2D eigenvalue weighted by atomic mass is 10.1. The third-order valence-corrected chi connectivity index (χ3v) is 1.44. The van der Waals surface area contributed by atoms with E-state index in [4.69, 9.17) is 5.11 Å². The van der Waals surface area contributed by atoms with Gasteiger partial charge < -0.3 is 15.7 Å². The first-order chi connectivity index (χ1) is 5.56. The Hall–Kier alpha value is -0.610. The van der Waals surface area contributed by atoms with Gasteiger partial charge in [0, 0.05) is 6.04 Å². The van der Waals surface area contributed by atoms with Crippen molar-refractivity contribution in [3.63, 3.8) is 0 Å². The molecule has 12 heavy (non-hydrogen) atoms. The number of aliphatic hydroxyl groups is 1. The van der Waals surface area contributed by atoms with Crippen molar-refractivity contribution in [2.75, 3.05) is 13.6 Å². The molecule has 4 heteroatoms. The molecule has 0 spiro atoms. The van der Waals surface area contributed by atoms with Gasteiger partial charge in [-0.05, 0) is 27.3 Å². The molecule has 2 unspecified atom stereocenters. The molecule has 3 N–H and O–H groups in total. The summed E-state index contributed by atoms with van der Waals surface area (Å²) < 4.78 is 0. The number of likely N-dealkylation sites (N-methyl/N-ethyl adjacent to an activating group) is 1. The second kappa shape index (κ2) is 5.97. The van der Waals surface area contributed by atoms with Gasteiger partial charge in [-0.2, -0.15) is 0 Å². The van der Waals surface area contributed by atoms with E-state index in [2.05, 4.69) is 10.6 Å². The van der Waals surface area contributed by atoms with Crippen LogP contribution < -0.4 is 10.6 Å². The van der Waals surface area contributed by atoms with Crippen molar-refractivity contribution in [1.29, 1.82) is 0 Å². The second-order valence-electron chi connectivity index (χ2n) is 3.08. The summed E-state index contributed by atoms with van der Waals surface area (Å²) >= 11 is 0. The number of amides is 1. The number of hydrogen-bond donors (Lipinski definition) is 3. The first-order valence-electron chi connectivity index (χ1n) is 4.18. The largest absolute Gasteiger partial charge is 0.393 e. The fourth-order valence-corrected chi connectivity index (χ4v) is 1.06.